The molecule has 0 unspecified atom stereocenters. The van der Waals surface area contributed by atoms with Gasteiger partial charge in [0.1, 0.15) is 0 Å². The molecule has 0 atom stereocenters. The van der Waals surface area contributed by atoms with Gasteiger partial charge in [0.15, 0.2) is 5.82 Å². The van der Waals surface area contributed by atoms with Crippen molar-refractivity contribution in [3.8, 4) is 10.8 Å². The van der Waals surface area contributed by atoms with E-state index in [1.807, 2.05) is 17.5 Å². The molecular formula is C10H11N3O3S. The number of likely N-dealkylation sites (N-methyl/N-ethyl adjacent to an activating group) is 1. The predicted octanol–water partition coefficient (Wildman–Crippen LogP) is 1.31. The fourth-order valence-corrected chi connectivity index (χ4v) is 1.99. The summed E-state index contributed by atoms with van der Waals surface area (Å²) < 4.78 is 5.09. The average molecular weight is 253 g/mol. The van der Waals surface area contributed by atoms with Crippen molar-refractivity contribution in [1.82, 2.24) is 15.0 Å². The predicted molar refractivity (Wildman–Crippen MR) is 61.6 cm³/mol. The second-order valence-electron chi connectivity index (χ2n) is 3.56. The molecule has 2 heterocycles. The topological polar surface area (TPSA) is 79.5 Å². The number of aliphatic carboxylic acids is 1. The first kappa shape index (κ1) is 11.7. The second-order valence-corrected chi connectivity index (χ2v) is 4.51. The standard InChI is InChI=1S/C10H11N3O3S/c1-13(6-9(14)15)5-8-11-10(16-12-8)7-3-2-4-17-7/h2-4H,5-6H2,1H3,(H,14,15). The van der Waals surface area contributed by atoms with Crippen LogP contribution in [0.3, 0.4) is 0 Å². The Hall–Kier alpha value is -1.73. The third-order valence-electron chi connectivity index (χ3n) is 2.02. The zero-order valence-corrected chi connectivity index (χ0v) is 9.98. The maximum atomic E-state index is 10.5. The molecular weight excluding hydrogens is 242 g/mol. The van der Waals surface area contributed by atoms with Gasteiger partial charge < -0.3 is 9.63 Å². The van der Waals surface area contributed by atoms with Gasteiger partial charge in [-0.1, -0.05) is 11.2 Å². The third kappa shape index (κ3) is 3.11. The van der Waals surface area contributed by atoms with Crippen LogP contribution < -0.4 is 0 Å². The van der Waals surface area contributed by atoms with E-state index in [1.54, 1.807) is 11.9 Å². The number of rotatable bonds is 5. The fourth-order valence-electron chi connectivity index (χ4n) is 1.35. The van der Waals surface area contributed by atoms with Crippen LogP contribution in [0.15, 0.2) is 22.0 Å². The molecule has 0 radical (unpaired) electrons. The summed E-state index contributed by atoms with van der Waals surface area (Å²) in [7, 11) is 1.69. The highest BCUT2D eigenvalue weighted by Gasteiger charge is 2.12. The SMILES string of the molecule is CN(CC(=O)O)Cc1noc(-c2cccs2)n1. The lowest BCUT2D eigenvalue weighted by Gasteiger charge is -2.09. The minimum absolute atomic E-state index is 0.0527. The number of aromatic nitrogens is 2. The van der Waals surface area contributed by atoms with Crippen molar-refractivity contribution in [3.05, 3.63) is 23.3 Å². The first-order chi connectivity index (χ1) is 8.15. The van der Waals surface area contributed by atoms with Crippen molar-refractivity contribution in [1.29, 1.82) is 0 Å². The zero-order valence-electron chi connectivity index (χ0n) is 9.16. The van der Waals surface area contributed by atoms with Crippen molar-refractivity contribution in [2.24, 2.45) is 0 Å². The molecule has 7 heteroatoms. The van der Waals surface area contributed by atoms with E-state index < -0.39 is 5.97 Å². The first-order valence-electron chi connectivity index (χ1n) is 4.92. The lowest BCUT2D eigenvalue weighted by Crippen LogP contribution is -2.25. The van der Waals surface area contributed by atoms with Gasteiger partial charge in [0.2, 0.25) is 0 Å². The Balaban J connectivity index is 2.01. The molecule has 6 nitrogen and oxygen atoms in total. The number of carboxylic acid groups (broad SMARTS) is 1. The Labute approximate surface area is 101 Å². The molecule has 0 aromatic carbocycles. The Bertz CT molecular complexity index is 495. The first-order valence-corrected chi connectivity index (χ1v) is 5.80. The van der Waals surface area contributed by atoms with Gasteiger partial charge in [-0.05, 0) is 18.5 Å². The van der Waals surface area contributed by atoms with Gasteiger partial charge >= 0.3 is 5.97 Å². The van der Waals surface area contributed by atoms with Gasteiger partial charge in [-0.25, -0.2) is 0 Å². The second kappa shape index (κ2) is 5.07. The number of hydrogen-bond donors (Lipinski definition) is 1. The number of hydrogen-bond acceptors (Lipinski definition) is 6. The van der Waals surface area contributed by atoms with Crippen LogP contribution in [0.4, 0.5) is 0 Å². The van der Waals surface area contributed by atoms with Crippen LogP contribution >= 0.6 is 11.3 Å². The van der Waals surface area contributed by atoms with Gasteiger partial charge in [0.25, 0.3) is 5.89 Å². The lowest BCUT2D eigenvalue weighted by molar-refractivity contribution is -0.138. The Kier molecular flexibility index (Phi) is 3.50. The monoisotopic (exact) mass is 253 g/mol. The van der Waals surface area contributed by atoms with Gasteiger partial charge in [-0.15, -0.1) is 11.3 Å². The molecule has 1 N–H and O–H groups in total. The largest absolute Gasteiger partial charge is 0.480 e. The van der Waals surface area contributed by atoms with Crippen molar-refractivity contribution in [2.45, 2.75) is 6.54 Å². The quantitative estimate of drug-likeness (QED) is 0.865. The van der Waals surface area contributed by atoms with E-state index in [-0.39, 0.29) is 6.54 Å². The number of thiophene rings is 1. The van der Waals surface area contributed by atoms with Crippen LogP contribution in [0.25, 0.3) is 10.8 Å². The molecule has 2 aromatic heterocycles. The van der Waals surface area contributed by atoms with E-state index in [4.69, 9.17) is 9.63 Å². The summed E-state index contributed by atoms with van der Waals surface area (Å²) >= 11 is 1.51. The normalized spacial score (nSPS) is 10.9. The van der Waals surface area contributed by atoms with Crippen molar-refractivity contribution in [3.63, 3.8) is 0 Å². The van der Waals surface area contributed by atoms with Gasteiger partial charge in [0.05, 0.1) is 18.0 Å². The van der Waals surface area contributed by atoms with Crippen LogP contribution in [0.5, 0.6) is 0 Å². The van der Waals surface area contributed by atoms with Crippen molar-refractivity contribution in [2.75, 3.05) is 13.6 Å². The fraction of sp³-hybridized carbons (Fsp3) is 0.300. The van der Waals surface area contributed by atoms with E-state index in [0.717, 1.165) is 4.88 Å². The highest BCUT2D eigenvalue weighted by molar-refractivity contribution is 7.13. The minimum Gasteiger partial charge on any atom is -0.480 e. The maximum absolute atomic E-state index is 10.5. The summed E-state index contributed by atoms with van der Waals surface area (Å²) in [6, 6.07) is 3.79. The van der Waals surface area contributed by atoms with E-state index in [9.17, 15) is 4.79 Å². The third-order valence-corrected chi connectivity index (χ3v) is 2.87. The molecule has 2 aromatic rings. The smallest absolute Gasteiger partial charge is 0.317 e. The minimum atomic E-state index is -0.880. The summed E-state index contributed by atoms with van der Waals surface area (Å²) in [5.74, 6) is 0.0744. The molecule has 0 aliphatic heterocycles. The van der Waals surface area contributed by atoms with E-state index in [2.05, 4.69) is 10.1 Å². The van der Waals surface area contributed by atoms with E-state index >= 15 is 0 Å². The number of carboxylic acids is 1. The molecule has 0 spiro atoms. The summed E-state index contributed by atoms with van der Waals surface area (Å²) in [5.41, 5.74) is 0. The van der Waals surface area contributed by atoms with Crippen molar-refractivity contribution >= 4 is 17.3 Å². The molecule has 0 aliphatic rings. The van der Waals surface area contributed by atoms with Crippen LogP contribution in [0.2, 0.25) is 0 Å². The summed E-state index contributed by atoms with van der Waals surface area (Å²) in [6.07, 6.45) is 0. The van der Waals surface area contributed by atoms with Crippen LogP contribution in [-0.2, 0) is 11.3 Å². The van der Waals surface area contributed by atoms with E-state index in [1.165, 1.54) is 11.3 Å². The average Bonchev–Trinajstić information content (AvgIpc) is 2.84. The molecule has 0 amide bonds. The molecule has 0 bridgehead atoms. The summed E-state index contributed by atoms with van der Waals surface area (Å²) in [4.78, 5) is 17.2. The molecule has 17 heavy (non-hydrogen) atoms. The summed E-state index contributed by atoms with van der Waals surface area (Å²) in [6.45, 7) is 0.296. The van der Waals surface area contributed by atoms with Crippen LogP contribution in [-0.4, -0.2) is 39.7 Å². The van der Waals surface area contributed by atoms with Gasteiger partial charge in [0, 0.05) is 0 Å². The van der Waals surface area contributed by atoms with E-state index in [0.29, 0.717) is 18.3 Å². The highest BCUT2D eigenvalue weighted by Crippen LogP contribution is 2.22. The molecule has 2 rings (SSSR count). The Morgan fingerprint density at radius 2 is 2.47 bits per heavy atom. The lowest BCUT2D eigenvalue weighted by atomic mass is 10.4. The Morgan fingerprint density at radius 3 is 3.12 bits per heavy atom. The van der Waals surface area contributed by atoms with Gasteiger partial charge in [-0.3, -0.25) is 9.69 Å². The van der Waals surface area contributed by atoms with Crippen LogP contribution in [0, 0.1) is 0 Å². The molecule has 0 fully saturated rings. The number of nitrogens with zero attached hydrogens (tertiary/aromatic N) is 3. The Morgan fingerprint density at radius 1 is 1.65 bits per heavy atom. The van der Waals surface area contributed by atoms with Crippen molar-refractivity contribution < 1.29 is 14.4 Å². The maximum Gasteiger partial charge on any atom is 0.317 e. The molecule has 0 saturated heterocycles. The highest BCUT2D eigenvalue weighted by atomic mass is 32.1. The number of carbonyl (C=O) groups is 1. The molecule has 0 saturated carbocycles. The molecule has 0 aliphatic carbocycles. The van der Waals surface area contributed by atoms with Gasteiger partial charge in [-0.2, -0.15) is 4.98 Å². The molecule has 90 valence electrons. The zero-order chi connectivity index (χ0) is 12.3. The van der Waals surface area contributed by atoms with Crippen LogP contribution in [0.1, 0.15) is 5.82 Å². The summed E-state index contributed by atoms with van der Waals surface area (Å²) in [5, 5.41) is 14.3.